The second-order valence-corrected chi connectivity index (χ2v) is 9.15. The van der Waals surface area contributed by atoms with E-state index in [4.69, 9.17) is 4.74 Å². The molecule has 2 aromatic rings. The van der Waals surface area contributed by atoms with Gasteiger partial charge in [0.25, 0.3) is 0 Å². The third-order valence-electron chi connectivity index (χ3n) is 6.73. The number of benzene rings is 2. The monoisotopic (exact) mass is 546 g/mol. The van der Waals surface area contributed by atoms with Gasteiger partial charge in [-0.05, 0) is 72.7 Å². The summed E-state index contributed by atoms with van der Waals surface area (Å²) in [5.41, 5.74) is -0.877. The molecule has 0 unspecified atom stereocenters. The van der Waals surface area contributed by atoms with E-state index in [2.05, 4.69) is 0 Å². The van der Waals surface area contributed by atoms with E-state index >= 15 is 0 Å². The smallest absolute Gasteiger partial charge is 0.416 e. The molecule has 1 aliphatic heterocycles. The molecule has 1 N–H and O–H groups in total. The summed E-state index contributed by atoms with van der Waals surface area (Å²) in [6.45, 7) is 4.80. The van der Waals surface area contributed by atoms with Crippen molar-refractivity contribution in [3.63, 3.8) is 0 Å². The van der Waals surface area contributed by atoms with Gasteiger partial charge < -0.3 is 9.84 Å². The number of hydrogen-bond donors (Lipinski definition) is 1. The molecule has 3 rings (SSSR count). The van der Waals surface area contributed by atoms with Gasteiger partial charge in [-0.15, -0.1) is 0 Å². The Morgan fingerprint density at radius 2 is 1.50 bits per heavy atom. The molecule has 0 aliphatic carbocycles. The molecule has 0 bridgehead atoms. The summed E-state index contributed by atoms with van der Waals surface area (Å²) in [7, 11) is 1.05. The van der Waals surface area contributed by atoms with Crippen LogP contribution in [0.3, 0.4) is 0 Å². The summed E-state index contributed by atoms with van der Waals surface area (Å²) >= 11 is 0. The molecule has 0 spiro atoms. The highest BCUT2D eigenvalue weighted by molar-refractivity contribution is 5.89. The summed E-state index contributed by atoms with van der Waals surface area (Å²) in [6.07, 6.45) is -11.0. The minimum absolute atomic E-state index is 0.0223. The number of carbonyl (C=O) groups excluding carboxylic acids is 1. The second kappa shape index (κ2) is 10.7. The number of nitrogens with zero attached hydrogens (tertiary/aromatic N) is 2. The van der Waals surface area contributed by atoms with Gasteiger partial charge in [-0.25, -0.2) is 9.59 Å². The van der Waals surface area contributed by atoms with E-state index in [0.29, 0.717) is 36.2 Å². The number of carboxylic acid groups (broad SMARTS) is 1. The molecule has 1 aliphatic rings. The van der Waals surface area contributed by atoms with Crippen molar-refractivity contribution in [1.82, 2.24) is 4.90 Å². The number of aryl methyl sites for hydroxylation is 2. The van der Waals surface area contributed by atoms with Gasteiger partial charge in [0.1, 0.15) is 0 Å². The lowest BCUT2D eigenvalue weighted by molar-refractivity contribution is -0.143. The maximum atomic E-state index is 13.4. The Kier molecular flexibility index (Phi) is 8.23. The van der Waals surface area contributed by atoms with Crippen LogP contribution < -0.4 is 4.90 Å². The fourth-order valence-electron chi connectivity index (χ4n) is 4.94. The molecular weight excluding hydrogens is 518 g/mol. The molecule has 2 amide bonds. The van der Waals surface area contributed by atoms with Crippen LogP contribution in [-0.4, -0.2) is 35.3 Å². The maximum Gasteiger partial charge on any atom is 0.416 e. The highest BCUT2D eigenvalue weighted by atomic mass is 19.4. The van der Waals surface area contributed by atoms with Gasteiger partial charge in [-0.3, -0.25) is 9.80 Å². The van der Waals surface area contributed by atoms with Crippen LogP contribution in [0, 0.1) is 0 Å². The number of ether oxygens (including phenoxy) is 1. The van der Waals surface area contributed by atoms with E-state index in [9.17, 15) is 41.0 Å². The lowest BCUT2D eigenvalue weighted by atomic mass is 9.86. The molecule has 38 heavy (non-hydrogen) atoms. The topological polar surface area (TPSA) is 70.1 Å². The Morgan fingerprint density at radius 3 is 1.95 bits per heavy atom. The fraction of sp³-hybridized carbons (Fsp3) is 0.462. The molecule has 0 radical (unpaired) electrons. The Balaban J connectivity index is 2.20. The van der Waals surface area contributed by atoms with Gasteiger partial charge in [0, 0.05) is 12.6 Å². The van der Waals surface area contributed by atoms with Crippen molar-refractivity contribution in [2.45, 2.75) is 71.0 Å². The quantitative estimate of drug-likeness (QED) is 0.396. The van der Waals surface area contributed by atoms with Crippen molar-refractivity contribution in [2.24, 2.45) is 0 Å². The number of methoxy groups -OCH3 is 1. The summed E-state index contributed by atoms with van der Waals surface area (Å²) < 4.78 is 85.5. The zero-order chi connectivity index (χ0) is 28.6. The van der Waals surface area contributed by atoms with Crippen LogP contribution in [0.1, 0.15) is 66.6 Å². The summed E-state index contributed by atoms with van der Waals surface area (Å²) in [5.74, 6) is 0. The number of fused-ring (bicyclic) bond motifs is 1. The van der Waals surface area contributed by atoms with Gasteiger partial charge in [-0.2, -0.15) is 26.3 Å². The lowest BCUT2D eigenvalue weighted by Gasteiger charge is -2.42. The van der Waals surface area contributed by atoms with E-state index in [1.54, 1.807) is 19.1 Å². The third kappa shape index (κ3) is 5.83. The van der Waals surface area contributed by atoms with Crippen molar-refractivity contribution in [3.05, 3.63) is 63.7 Å². The zero-order valence-corrected chi connectivity index (χ0v) is 21.2. The summed E-state index contributed by atoms with van der Waals surface area (Å²) in [5, 5.41) is 9.88. The molecule has 0 fully saturated rings. The molecule has 0 aromatic heterocycles. The Morgan fingerprint density at radius 1 is 0.974 bits per heavy atom. The summed E-state index contributed by atoms with van der Waals surface area (Å²) in [6, 6.07) is 3.11. The van der Waals surface area contributed by atoms with E-state index in [0.717, 1.165) is 28.0 Å². The van der Waals surface area contributed by atoms with E-state index in [1.807, 2.05) is 13.8 Å². The second-order valence-electron chi connectivity index (χ2n) is 9.15. The van der Waals surface area contributed by atoms with Crippen molar-refractivity contribution in [3.8, 4) is 0 Å². The highest BCUT2D eigenvalue weighted by Crippen LogP contribution is 2.44. The molecule has 2 atom stereocenters. The number of carbonyl (C=O) groups is 2. The first kappa shape index (κ1) is 29.1. The van der Waals surface area contributed by atoms with Crippen LogP contribution in [0.5, 0.6) is 0 Å². The van der Waals surface area contributed by atoms with Crippen LogP contribution in [-0.2, 0) is 36.5 Å². The number of amides is 2. The molecule has 0 saturated heterocycles. The first-order valence-corrected chi connectivity index (χ1v) is 11.9. The van der Waals surface area contributed by atoms with E-state index in [1.165, 1.54) is 0 Å². The van der Waals surface area contributed by atoms with Crippen LogP contribution in [0.4, 0.5) is 41.6 Å². The van der Waals surface area contributed by atoms with Crippen molar-refractivity contribution < 1.29 is 45.8 Å². The van der Waals surface area contributed by atoms with Crippen LogP contribution in [0.25, 0.3) is 0 Å². The Hall–Kier alpha value is -3.44. The lowest BCUT2D eigenvalue weighted by Crippen LogP contribution is -2.47. The molecule has 2 aromatic carbocycles. The average molecular weight is 547 g/mol. The zero-order valence-electron chi connectivity index (χ0n) is 21.2. The number of halogens is 6. The first-order chi connectivity index (χ1) is 17.6. The van der Waals surface area contributed by atoms with E-state index in [-0.39, 0.29) is 12.5 Å². The normalized spacial score (nSPS) is 17.7. The molecule has 0 saturated carbocycles. The molecule has 6 nitrogen and oxygen atoms in total. The Bertz CT molecular complexity index is 1180. The van der Waals surface area contributed by atoms with Crippen molar-refractivity contribution in [1.29, 1.82) is 0 Å². The largest absolute Gasteiger partial charge is 0.465 e. The number of anilines is 1. The van der Waals surface area contributed by atoms with Crippen LogP contribution in [0.15, 0.2) is 30.3 Å². The van der Waals surface area contributed by atoms with Crippen molar-refractivity contribution >= 4 is 17.9 Å². The SMILES string of the molecule is CCc1cc2c(cc1CC)N(C(=O)O)[C@H](C)C[C@@H]2N(Cc1cc(C(F)(F)F)cc(C(F)(F)F)c1)C(=O)OC. The summed E-state index contributed by atoms with van der Waals surface area (Å²) in [4.78, 5) is 27.2. The van der Waals surface area contributed by atoms with Crippen LogP contribution >= 0.6 is 0 Å². The first-order valence-electron chi connectivity index (χ1n) is 11.9. The minimum Gasteiger partial charge on any atom is -0.465 e. The Labute approximate surface area is 215 Å². The van der Waals surface area contributed by atoms with Gasteiger partial charge in [0.15, 0.2) is 0 Å². The maximum absolute atomic E-state index is 13.4. The number of rotatable bonds is 5. The molecular formula is C26H28F6N2O4. The van der Waals surface area contributed by atoms with Crippen molar-refractivity contribution in [2.75, 3.05) is 12.0 Å². The van der Waals surface area contributed by atoms with Gasteiger partial charge in [-0.1, -0.05) is 19.9 Å². The van der Waals surface area contributed by atoms with Gasteiger partial charge in [0.2, 0.25) is 0 Å². The molecule has 1 heterocycles. The molecule has 208 valence electrons. The number of hydrogen-bond acceptors (Lipinski definition) is 3. The van der Waals surface area contributed by atoms with E-state index < -0.39 is 59.9 Å². The fourth-order valence-corrected chi connectivity index (χ4v) is 4.94. The van der Waals surface area contributed by atoms with Gasteiger partial charge >= 0.3 is 24.5 Å². The predicted molar refractivity (Wildman–Crippen MR) is 127 cm³/mol. The minimum atomic E-state index is -5.05. The predicted octanol–water partition coefficient (Wildman–Crippen LogP) is 7.44. The third-order valence-corrected chi connectivity index (χ3v) is 6.73. The van der Waals surface area contributed by atoms with Crippen LogP contribution in [0.2, 0.25) is 0 Å². The molecule has 12 heteroatoms. The average Bonchev–Trinajstić information content (AvgIpc) is 2.84. The van der Waals surface area contributed by atoms with Gasteiger partial charge in [0.05, 0.1) is 30.0 Å². The highest BCUT2D eigenvalue weighted by Gasteiger charge is 2.41. The number of alkyl halides is 6. The standard InChI is InChI=1S/C26H28F6N2O4/c1-5-16-10-20-21(7-14(3)34(23(35)36)22(20)11-17(16)6-2)33(24(37)38-4)13-15-8-18(25(27,28)29)12-19(9-15)26(30,31)32/h8-12,14,21H,5-7,13H2,1-4H3,(H,35,36)/t14-,21+/m1/s1.